The monoisotopic (exact) mass is 289 g/mol. The van der Waals surface area contributed by atoms with Crippen molar-refractivity contribution in [2.24, 2.45) is 5.92 Å². The lowest BCUT2D eigenvalue weighted by Gasteiger charge is -2.42. The summed E-state index contributed by atoms with van der Waals surface area (Å²) in [4.78, 5) is 14.5. The third-order valence-electron chi connectivity index (χ3n) is 5.26. The van der Waals surface area contributed by atoms with Crippen molar-refractivity contribution in [2.75, 3.05) is 14.2 Å². The largest absolute Gasteiger partial charge is 0.469 e. The van der Waals surface area contributed by atoms with Gasteiger partial charge in [-0.1, -0.05) is 29.8 Å². The molecule has 0 radical (unpaired) electrons. The fourth-order valence-corrected chi connectivity index (χ4v) is 4.13. The lowest BCUT2D eigenvalue weighted by Crippen LogP contribution is -2.51. The molecule has 1 aromatic carbocycles. The Balaban J connectivity index is 1.98. The highest BCUT2D eigenvalue weighted by atomic mass is 16.5. The Labute approximate surface area is 125 Å². The van der Waals surface area contributed by atoms with Crippen LogP contribution in [0.3, 0.4) is 0 Å². The zero-order valence-corrected chi connectivity index (χ0v) is 12.8. The summed E-state index contributed by atoms with van der Waals surface area (Å²) in [5.41, 5.74) is 2.39. The lowest BCUT2D eigenvalue weighted by molar-refractivity contribution is -0.151. The van der Waals surface area contributed by atoms with Gasteiger partial charge in [0.15, 0.2) is 0 Å². The van der Waals surface area contributed by atoms with Crippen LogP contribution in [0.15, 0.2) is 24.3 Å². The molecule has 2 unspecified atom stereocenters. The molecule has 0 aromatic heterocycles. The molecular weight excluding hydrogens is 266 g/mol. The highest BCUT2D eigenvalue weighted by Gasteiger charge is 2.53. The summed E-state index contributed by atoms with van der Waals surface area (Å²) in [6.07, 6.45) is 1.20. The number of methoxy groups -OCH3 is 1. The van der Waals surface area contributed by atoms with E-state index < -0.39 is 6.10 Å². The smallest absolute Gasteiger partial charge is 0.310 e. The molecule has 2 aliphatic heterocycles. The molecule has 2 fully saturated rings. The molecule has 4 heteroatoms. The van der Waals surface area contributed by atoms with Crippen molar-refractivity contribution in [1.82, 2.24) is 4.90 Å². The van der Waals surface area contributed by atoms with E-state index in [4.69, 9.17) is 4.74 Å². The number of likely N-dealkylation sites (N-methyl/N-ethyl adjacent to an activating group) is 1. The van der Waals surface area contributed by atoms with Crippen LogP contribution in [0.25, 0.3) is 0 Å². The fourth-order valence-electron chi connectivity index (χ4n) is 4.13. The number of piperidine rings is 1. The average molecular weight is 289 g/mol. The average Bonchev–Trinajstić information content (AvgIpc) is 2.66. The fraction of sp³-hybridized carbons (Fsp3) is 0.588. The SMILES string of the molecule is COC(=O)[C@@H]1C2[C@H](O)CC(C[C@@H]1c1ccc(C)cc1)N2C. The molecule has 2 heterocycles. The van der Waals surface area contributed by atoms with E-state index in [2.05, 4.69) is 36.1 Å². The zero-order chi connectivity index (χ0) is 15.1. The van der Waals surface area contributed by atoms with Crippen LogP contribution in [0.1, 0.15) is 29.9 Å². The Kier molecular flexibility index (Phi) is 3.76. The van der Waals surface area contributed by atoms with Crippen LogP contribution < -0.4 is 0 Å². The first-order valence-corrected chi connectivity index (χ1v) is 7.57. The Morgan fingerprint density at radius 2 is 1.95 bits per heavy atom. The maximum absolute atomic E-state index is 12.3. The van der Waals surface area contributed by atoms with Gasteiger partial charge in [0.2, 0.25) is 0 Å². The zero-order valence-electron chi connectivity index (χ0n) is 12.8. The van der Waals surface area contributed by atoms with E-state index in [1.807, 2.05) is 7.05 Å². The van der Waals surface area contributed by atoms with E-state index in [1.54, 1.807) is 0 Å². The topological polar surface area (TPSA) is 49.8 Å². The van der Waals surface area contributed by atoms with Gasteiger partial charge in [0.05, 0.1) is 19.1 Å². The van der Waals surface area contributed by atoms with Gasteiger partial charge in [-0.05, 0) is 32.4 Å². The summed E-state index contributed by atoms with van der Waals surface area (Å²) in [6.45, 7) is 2.06. The van der Waals surface area contributed by atoms with Crippen molar-refractivity contribution in [2.45, 2.75) is 43.9 Å². The number of hydrogen-bond acceptors (Lipinski definition) is 4. The van der Waals surface area contributed by atoms with Gasteiger partial charge in [0, 0.05) is 18.0 Å². The van der Waals surface area contributed by atoms with Gasteiger partial charge in [-0.2, -0.15) is 0 Å². The Morgan fingerprint density at radius 3 is 2.57 bits per heavy atom. The summed E-state index contributed by atoms with van der Waals surface area (Å²) in [5, 5.41) is 10.3. The molecule has 21 heavy (non-hydrogen) atoms. The van der Waals surface area contributed by atoms with Crippen LogP contribution in [-0.4, -0.2) is 48.3 Å². The maximum atomic E-state index is 12.3. The minimum atomic E-state index is -0.445. The predicted octanol–water partition coefficient (Wildman–Crippen LogP) is 1.71. The normalized spacial score (nSPS) is 35.7. The highest BCUT2D eigenvalue weighted by Crippen LogP contribution is 2.46. The molecule has 2 saturated heterocycles. The molecule has 0 saturated carbocycles. The number of carbonyl (C=O) groups excluding carboxylic acids is 1. The van der Waals surface area contributed by atoms with Gasteiger partial charge in [-0.3, -0.25) is 9.69 Å². The number of nitrogens with zero attached hydrogens (tertiary/aromatic N) is 1. The molecular formula is C17H23NO3. The summed E-state index contributed by atoms with van der Waals surface area (Å²) >= 11 is 0. The number of hydrogen-bond donors (Lipinski definition) is 1. The van der Waals surface area contributed by atoms with Crippen molar-refractivity contribution in [3.8, 4) is 0 Å². The van der Waals surface area contributed by atoms with Gasteiger partial charge in [-0.15, -0.1) is 0 Å². The van der Waals surface area contributed by atoms with Crippen LogP contribution >= 0.6 is 0 Å². The van der Waals surface area contributed by atoms with Crippen LogP contribution in [0.5, 0.6) is 0 Å². The number of aliphatic hydroxyl groups excluding tert-OH is 1. The quantitative estimate of drug-likeness (QED) is 0.842. The molecule has 5 atom stereocenters. The maximum Gasteiger partial charge on any atom is 0.310 e. The first-order valence-electron chi connectivity index (χ1n) is 7.57. The number of esters is 1. The van der Waals surface area contributed by atoms with Gasteiger partial charge >= 0.3 is 5.97 Å². The van der Waals surface area contributed by atoms with E-state index in [0.29, 0.717) is 6.04 Å². The number of ether oxygens (including phenoxy) is 1. The van der Waals surface area contributed by atoms with Crippen molar-refractivity contribution in [1.29, 1.82) is 0 Å². The molecule has 0 spiro atoms. The second-order valence-corrected chi connectivity index (χ2v) is 6.41. The number of rotatable bonds is 2. The van der Waals surface area contributed by atoms with Crippen LogP contribution in [0.2, 0.25) is 0 Å². The standard InChI is InChI=1S/C17H23NO3/c1-10-4-6-11(7-5-10)13-8-12-9-14(19)16(18(12)2)15(13)17(20)21-3/h4-7,12-16,19H,8-9H2,1-3H3/t12?,13-,14-,15+,16?/m1/s1. The Bertz CT molecular complexity index is 527. The summed E-state index contributed by atoms with van der Waals surface area (Å²) in [6, 6.07) is 8.58. The highest BCUT2D eigenvalue weighted by molar-refractivity contribution is 5.75. The first kappa shape index (κ1) is 14.5. The molecule has 4 nitrogen and oxygen atoms in total. The van der Waals surface area contributed by atoms with E-state index in [0.717, 1.165) is 12.8 Å². The second-order valence-electron chi connectivity index (χ2n) is 6.41. The molecule has 114 valence electrons. The summed E-state index contributed by atoms with van der Waals surface area (Å²) < 4.78 is 5.04. The first-order chi connectivity index (χ1) is 10.0. The molecule has 1 N–H and O–H groups in total. The van der Waals surface area contributed by atoms with Gasteiger partial charge in [-0.25, -0.2) is 0 Å². The summed E-state index contributed by atoms with van der Waals surface area (Å²) in [7, 11) is 3.44. The van der Waals surface area contributed by atoms with Crippen LogP contribution in [0.4, 0.5) is 0 Å². The molecule has 3 rings (SSSR count). The minimum Gasteiger partial charge on any atom is -0.469 e. The van der Waals surface area contributed by atoms with Crippen molar-refractivity contribution in [3.63, 3.8) is 0 Å². The number of fused-ring (bicyclic) bond motifs is 2. The van der Waals surface area contributed by atoms with Gasteiger partial charge in [0.25, 0.3) is 0 Å². The Morgan fingerprint density at radius 1 is 1.29 bits per heavy atom. The number of aliphatic hydroxyl groups is 1. The molecule has 1 aromatic rings. The number of benzene rings is 1. The predicted molar refractivity (Wildman–Crippen MR) is 80.0 cm³/mol. The third-order valence-corrected chi connectivity index (χ3v) is 5.26. The second kappa shape index (κ2) is 5.43. The van der Waals surface area contributed by atoms with Crippen molar-refractivity contribution < 1.29 is 14.6 Å². The van der Waals surface area contributed by atoms with Crippen molar-refractivity contribution in [3.05, 3.63) is 35.4 Å². The molecule has 2 bridgehead atoms. The number of carbonyl (C=O) groups is 1. The minimum absolute atomic E-state index is 0.126. The van der Waals surface area contributed by atoms with E-state index in [1.165, 1.54) is 18.2 Å². The van der Waals surface area contributed by atoms with Crippen LogP contribution in [-0.2, 0) is 9.53 Å². The number of aryl methyl sites for hydroxylation is 1. The Hall–Kier alpha value is -1.39. The molecule has 2 aliphatic rings. The molecule has 0 aliphatic carbocycles. The van der Waals surface area contributed by atoms with E-state index >= 15 is 0 Å². The van der Waals surface area contributed by atoms with Gasteiger partial charge < -0.3 is 9.84 Å². The van der Waals surface area contributed by atoms with Crippen LogP contribution in [0, 0.1) is 12.8 Å². The van der Waals surface area contributed by atoms with E-state index in [-0.39, 0.29) is 23.8 Å². The summed E-state index contributed by atoms with van der Waals surface area (Å²) in [5.74, 6) is -0.380. The van der Waals surface area contributed by atoms with Crippen molar-refractivity contribution >= 4 is 5.97 Å². The third kappa shape index (κ3) is 2.36. The molecule has 0 amide bonds. The lowest BCUT2D eigenvalue weighted by atomic mass is 9.76. The van der Waals surface area contributed by atoms with E-state index in [9.17, 15) is 9.90 Å². The van der Waals surface area contributed by atoms with Gasteiger partial charge in [0.1, 0.15) is 0 Å².